The van der Waals surface area contributed by atoms with Crippen LogP contribution in [0.25, 0.3) is 0 Å². The van der Waals surface area contributed by atoms with Crippen LogP contribution in [0, 0.1) is 0 Å². The fourth-order valence-corrected chi connectivity index (χ4v) is 2.57. The first-order valence-electron chi connectivity index (χ1n) is 7.31. The Morgan fingerprint density at radius 3 is 2.80 bits per heavy atom. The molecule has 2 N–H and O–H groups in total. The van der Waals surface area contributed by atoms with Crippen molar-refractivity contribution >= 4 is 5.97 Å². The molecule has 0 aliphatic heterocycles. The zero-order valence-corrected chi connectivity index (χ0v) is 12.5. The Balaban J connectivity index is 2.15. The highest BCUT2D eigenvalue weighted by Crippen LogP contribution is 2.32. The number of hydrogen-bond acceptors (Lipinski definition) is 5. The lowest BCUT2D eigenvalue weighted by Crippen LogP contribution is -2.50. The Kier molecular flexibility index (Phi) is 8.06. The molecule has 6 heteroatoms. The van der Waals surface area contributed by atoms with Crippen molar-refractivity contribution in [2.24, 2.45) is 0 Å². The van der Waals surface area contributed by atoms with Gasteiger partial charge in [0.05, 0.1) is 19.3 Å². The fraction of sp³-hybridized carbons (Fsp3) is 0.929. The molecule has 2 unspecified atom stereocenters. The van der Waals surface area contributed by atoms with Gasteiger partial charge in [0.15, 0.2) is 0 Å². The van der Waals surface area contributed by atoms with Crippen LogP contribution < -0.4 is 5.32 Å². The highest BCUT2D eigenvalue weighted by atomic mass is 16.5. The van der Waals surface area contributed by atoms with Crippen molar-refractivity contribution in [1.82, 2.24) is 5.32 Å². The van der Waals surface area contributed by atoms with Gasteiger partial charge in [0, 0.05) is 26.7 Å². The first kappa shape index (κ1) is 17.4. The summed E-state index contributed by atoms with van der Waals surface area (Å²) in [5, 5.41) is 12.4. The normalized spacial score (nSPS) is 26.0. The van der Waals surface area contributed by atoms with Crippen LogP contribution in [0.4, 0.5) is 0 Å². The Hall–Kier alpha value is -0.690. The lowest BCUT2D eigenvalue weighted by atomic mass is 9.98. The predicted octanol–water partition coefficient (Wildman–Crippen LogP) is 1.04. The van der Waals surface area contributed by atoms with Crippen molar-refractivity contribution < 1.29 is 24.1 Å². The minimum absolute atomic E-state index is 0.0316. The SMILES string of the molecule is CCNC1(C(=O)O)CCC(OCCCOCCOC)C1. The summed E-state index contributed by atoms with van der Waals surface area (Å²) in [4.78, 5) is 11.4. The van der Waals surface area contributed by atoms with Gasteiger partial charge >= 0.3 is 5.97 Å². The van der Waals surface area contributed by atoms with Crippen LogP contribution in [0.15, 0.2) is 0 Å². The minimum Gasteiger partial charge on any atom is -0.480 e. The molecule has 1 rings (SSSR count). The monoisotopic (exact) mass is 289 g/mol. The standard InChI is InChI=1S/C14H27NO5/c1-3-15-14(13(16)17)6-5-12(11-14)20-8-4-7-19-10-9-18-2/h12,15H,3-11H2,1-2H3,(H,16,17). The van der Waals surface area contributed by atoms with E-state index in [1.807, 2.05) is 6.92 Å². The summed E-state index contributed by atoms with van der Waals surface area (Å²) >= 11 is 0. The van der Waals surface area contributed by atoms with Gasteiger partial charge in [-0.25, -0.2) is 0 Å². The number of ether oxygens (including phenoxy) is 3. The molecular weight excluding hydrogens is 262 g/mol. The number of methoxy groups -OCH3 is 1. The van der Waals surface area contributed by atoms with E-state index in [1.165, 1.54) is 0 Å². The van der Waals surface area contributed by atoms with E-state index in [9.17, 15) is 9.90 Å². The largest absolute Gasteiger partial charge is 0.480 e. The molecule has 1 fully saturated rings. The van der Waals surface area contributed by atoms with Crippen LogP contribution in [-0.2, 0) is 19.0 Å². The summed E-state index contributed by atoms with van der Waals surface area (Å²) in [7, 11) is 1.64. The second-order valence-corrected chi connectivity index (χ2v) is 5.11. The summed E-state index contributed by atoms with van der Waals surface area (Å²) in [6.45, 7) is 5.05. The molecule has 0 radical (unpaired) electrons. The quantitative estimate of drug-likeness (QED) is 0.554. The molecule has 2 atom stereocenters. The molecule has 0 amide bonds. The topological polar surface area (TPSA) is 77.0 Å². The minimum atomic E-state index is -0.797. The zero-order chi connectivity index (χ0) is 14.8. The molecule has 20 heavy (non-hydrogen) atoms. The summed E-state index contributed by atoms with van der Waals surface area (Å²) in [5.74, 6) is -0.770. The smallest absolute Gasteiger partial charge is 0.323 e. The first-order chi connectivity index (χ1) is 9.64. The van der Waals surface area contributed by atoms with E-state index in [1.54, 1.807) is 7.11 Å². The molecule has 1 aliphatic carbocycles. The molecule has 6 nitrogen and oxygen atoms in total. The van der Waals surface area contributed by atoms with Crippen LogP contribution in [0.2, 0.25) is 0 Å². The van der Waals surface area contributed by atoms with E-state index in [4.69, 9.17) is 14.2 Å². The van der Waals surface area contributed by atoms with E-state index in [-0.39, 0.29) is 6.10 Å². The van der Waals surface area contributed by atoms with Crippen molar-refractivity contribution in [1.29, 1.82) is 0 Å². The number of carboxylic acids is 1. The highest BCUT2D eigenvalue weighted by molar-refractivity contribution is 5.79. The number of hydrogen-bond donors (Lipinski definition) is 2. The van der Waals surface area contributed by atoms with Crippen LogP contribution >= 0.6 is 0 Å². The van der Waals surface area contributed by atoms with Crippen molar-refractivity contribution in [2.75, 3.05) is 40.1 Å². The third-order valence-electron chi connectivity index (χ3n) is 3.61. The van der Waals surface area contributed by atoms with Crippen molar-refractivity contribution in [3.8, 4) is 0 Å². The van der Waals surface area contributed by atoms with Gasteiger partial charge < -0.3 is 24.6 Å². The molecule has 0 spiro atoms. The summed E-state index contributed by atoms with van der Waals surface area (Å²) in [5.41, 5.74) is -0.797. The van der Waals surface area contributed by atoms with Gasteiger partial charge in [-0.2, -0.15) is 0 Å². The molecule has 0 aromatic carbocycles. The average molecular weight is 289 g/mol. The molecule has 0 aromatic heterocycles. The van der Waals surface area contributed by atoms with Gasteiger partial charge in [0.2, 0.25) is 0 Å². The number of aliphatic carboxylic acids is 1. The van der Waals surface area contributed by atoms with Crippen LogP contribution in [0.1, 0.15) is 32.6 Å². The van der Waals surface area contributed by atoms with Crippen molar-refractivity contribution in [3.05, 3.63) is 0 Å². The summed E-state index contributed by atoms with van der Waals surface area (Å²) < 4.78 is 16.0. The molecule has 1 aliphatic rings. The molecule has 0 bridgehead atoms. The summed E-state index contributed by atoms with van der Waals surface area (Å²) in [6.07, 6.45) is 2.82. The lowest BCUT2D eigenvalue weighted by Gasteiger charge is -2.25. The van der Waals surface area contributed by atoms with Gasteiger partial charge in [-0.15, -0.1) is 0 Å². The third-order valence-corrected chi connectivity index (χ3v) is 3.61. The second-order valence-electron chi connectivity index (χ2n) is 5.11. The molecule has 0 saturated heterocycles. The Morgan fingerprint density at radius 1 is 1.35 bits per heavy atom. The van der Waals surface area contributed by atoms with Gasteiger partial charge in [0.25, 0.3) is 0 Å². The molecule has 0 heterocycles. The van der Waals surface area contributed by atoms with Crippen molar-refractivity contribution in [3.63, 3.8) is 0 Å². The van der Waals surface area contributed by atoms with Gasteiger partial charge in [-0.3, -0.25) is 4.79 Å². The number of carboxylic acid groups (broad SMARTS) is 1. The maximum Gasteiger partial charge on any atom is 0.323 e. The highest BCUT2D eigenvalue weighted by Gasteiger charge is 2.45. The van der Waals surface area contributed by atoms with E-state index < -0.39 is 11.5 Å². The molecule has 118 valence electrons. The molecule has 0 aromatic rings. The fourth-order valence-electron chi connectivity index (χ4n) is 2.57. The van der Waals surface area contributed by atoms with Gasteiger partial charge in [-0.05, 0) is 25.8 Å². The number of carbonyl (C=O) groups is 1. The van der Waals surface area contributed by atoms with E-state index in [0.717, 1.165) is 12.8 Å². The van der Waals surface area contributed by atoms with E-state index in [2.05, 4.69) is 5.32 Å². The average Bonchev–Trinajstić information content (AvgIpc) is 2.83. The van der Waals surface area contributed by atoms with Gasteiger partial charge in [0.1, 0.15) is 5.54 Å². The predicted molar refractivity (Wildman–Crippen MR) is 74.9 cm³/mol. The maximum atomic E-state index is 11.4. The number of likely N-dealkylation sites (N-methyl/N-ethyl adjacent to an activating group) is 1. The Bertz CT molecular complexity index is 287. The summed E-state index contributed by atoms with van der Waals surface area (Å²) in [6, 6.07) is 0. The zero-order valence-electron chi connectivity index (χ0n) is 12.5. The third kappa shape index (κ3) is 5.36. The Labute approximate surface area is 120 Å². The first-order valence-corrected chi connectivity index (χ1v) is 7.31. The van der Waals surface area contributed by atoms with Gasteiger partial charge in [-0.1, -0.05) is 6.92 Å². The van der Waals surface area contributed by atoms with E-state index >= 15 is 0 Å². The number of nitrogens with one attached hydrogen (secondary N) is 1. The maximum absolute atomic E-state index is 11.4. The lowest BCUT2D eigenvalue weighted by molar-refractivity contribution is -0.145. The van der Waals surface area contributed by atoms with Crippen molar-refractivity contribution in [2.45, 2.75) is 44.2 Å². The Morgan fingerprint density at radius 2 is 2.15 bits per heavy atom. The molecular formula is C14H27NO5. The van der Waals surface area contributed by atoms with Crippen LogP contribution in [0.5, 0.6) is 0 Å². The van der Waals surface area contributed by atoms with Crippen LogP contribution in [-0.4, -0.2) is 62.8 Å². The molecule has 1 saturated carbocycles. The second kappa shape index (κ2) is 9.28. The number of rotatable bonds is 11. The van der Waals surface area contributed by atoms with E-state index in [0.29, 0.717) is 45.8 Å². The van der Waals surface area contributed by atoms with Crippen LogP contribution in [0.3, 0.4) is 0 Å².